The Morgan fingerprint density at radius 3 is 2.37 bits per heavy atom. The Labute approximate surface area is 116 Å². The van der Waals surface area contributed by atoms with E-state index < -0.39 is 0 Å². The summed E-state index contributed by atoms with van der Waals surface area (Å²) in [5.41, 5.74) is 1.30. The molecule has 1 aromatic rings. The molecule has 2 aliphatic heterocycles. The first-order valence-corrected chi connectivity index (χ1v) is 7.65. The highest BCUT2D eigenvalue weighted by atomic mass is 16.3. The first-order valence-electron chi connectivity index (χ1n) is 7.65. The van der Waals surface area contributed by atoms with E-state index in [4.69, 9.17) is 0 Å². The molecule has 19 heavy (non-hydrogen) atoms. The molecule has 2 saturated heterocycles. The Hall–Kier alpha value is -0.860. The van der Waals surface area contributed by atoms with Gasteiger partial charge in [-0.1, -0.05) is 30.3 Å². The number of piperidine rings is 1. The summed E-state index contributed by atoms with van der Waals surface area (Å²) < 4.78 is 0. The van der Waals surface area contributed by atoms with Crippen molar-refractivity contribution in [1.82, 2.24) is 4.90 Å². The van der Waals surface area contributed by atoms with Gasteiger partial charge in [-0.15, -0.1) is 0 Å². The average molecular weight is 259 g/mol. The second kappa shape index (κ2) is 5.64. The maximum Gasteiger partial charge on any atom is 0.0499 e. The number of nitrogens with zero attached hydrogens (tertiary/aromatic N) is 1. The zero-order chi connectivity index (χ0) is 13.2. The van der Waals surface area contributed by atoms with Crippen LogP contribution in [0, 0.1) is 5.92 Å². The maximum atomic E-state index is 9.70. The van der Waals surface area contributed by atoms with E-state index in [2.05, 4.69) is 36.2 Å². The zero-order valence-corrected chi connectivity index (χ0v) is 11.8. The van der Waals surface area contributed by atoms with Crippen LogP contribution in [0.4, 0.5) is 0 Å². The van der Waals surface area contributed by atoms with Gasteiger partial charge < -0.3 is 10.0 Å². The molecule has 2 fully saturated rings. The predicted octanol–water partition coefficient (Wildman–Crippen LogP) is 3.03. The van der Waals surface area contributed by atoms with Gasteiger partial charge in [0.15, 0.2) is 0 Å². The highest BCUT2D eigenvalue weighted by molar-refractivity contribution is 5.19. The summed E-state index contributed by atoms with van der Waals surface area (Å²) in [4.78, 5) is 2.59. The third-order valence-corrected chi connectivity index (χ3v) is 5.31. The van der Waals surface area contributed by atoms with Crippen LogP contribution in [0.1, 0.15) is 43.6 Å². The van der Waals surface area contributed by atoms with Crippen molar-refractivity contribution in [1.29, 1.82) is 0 Å². The van der Waals surface area contributed by atoms with Gasteiger partial charge in [0.1, 0.15) is 0 Å². The third-order valence-electron chi connectivity index (χ3n) is 5.31. The first-order chi connectivity index (χ1) is 9.28. The van der Waals surface area contributed by atoms with Gasteiger partial charge in [0.05, 0.1) is 0 Å². The Bertz CT molecular complexity index is 391. The number of hydrogen-bond acceptors (Lipinski definition) is 2. The highest BCUT2D eigenvalue weighted by Gasteiger charge is 2.38. The minimum absolute atomic E-state index is 0.283. The van der Waals surface area contributed by atoms with E-state index in [1.54, 1.807) is 0 Å². The number of benzene rings is 1. The SMILES string of the molecule is CN1C2CCC1CC(CC(CO)c1ccccc1)C2. The molecule has 0 aliphatic carbocycles. The molecule has 1 N–H and O–H groups in total. The highest BCUT2D eigenvalue weighted by Crippen LogP contribution is 2.41. The lowest BCUT2D eigenvalue weighted by molar-refractivity contribution is 0.119. The zero-order valence-electron chi connectivity index (χ0n) is 11.8. The van der Waals surface area contributed by atoms with Gasteiger partial charge in [-0.05, 0) is 50.6 Å². The minimum Gasteiger partial charge on any atom is -0.396 e. The molecular weight excluding hydrogens is 234 g/mol. The Balaban J connectivity index is 1.65. The normalized spacial score (nSPS) is 32.4. The Morgan fingerprint density at radius 1 is 1.16 bits per heavy atom. The summed E-state index contributed by atoms with van der Waals surface area (Å²) in [6, 6.07) is 12.1. The molecule has 3 unspecified atom stereocenters. The summed E-state index contributed by atoms with van der Waals surface area (Å²) in [7, 11) is 2.29. The molecule has 0 radical (unpaired) electrons. The van der Waals surface area contributed by atoms with Crippen LogP contribution in [0.5, 0.6) is 0 Å². The molecule has 2 heterocycles. The van der Waals surface area contributed by atoms with Gasteiger partial charge in [0.2, 0.25) is 0 Å². The van der Waals surface area contributed by atoms with E-state index in [1.165, 1.54) is 31.2 Å². The number of aliphatic hydroxyl groups excluding tert-OH is 1. The van der Waals surface area contributed by atoms with E-state index >= 15 is 0 Å². The molecule has 0 spiro atoms. The monoisotopic (exact) mass is 259 g/mol. The summed E-state index contributed by atoms with van der Waals surface area (Å²) in [6.45, 7) is 0.283. The fraction of sp³-hybridized carbons (Fsp3) is 0.647. The van der Waals surface area contributed by atoms with Crippen molar-refractivity contribution in [3.05, 3.63) is 35.9 Å². The molecule has 0 amide bonds. The standard InChI is InChI=1S/C17H25NO/c1-18-16-7-8-17(18)11-13(10-16)9-15(12-19)14-5-3-2-4-6-14/h2-6,13,15-17,19H,7-12H2,1H3. The van der Waals surface area contributed by atoms with E-state index in [1.807, 2.05) is 6.07 Å². The van der Waals surface area contributed by atoms with Crippen LogP contribution in [-0.4, -0.2) is 35.7 Å². The number of fused-ring (bicyclic) bond motifs is 2. The predicted molar refractivity (Wildman–Crippen MR) is 78.2 cm³/mol. The largest absolute Gasteiger partial charge is 0.396 e. The molecule has 1 aromatic carbocycles. The van der Waals surface area contributed by atoms with Crippen molar-refractivity contribution in [3.8, 4) is 0 Å². The summed E-state index contributed by atoms with van der Waals surface area (Å²) in [5.74, 6) is 1.13. The van der Waals surface area contributed by atoms with Crippen LogP contribution in [-0.2, 0) is 0 Å². The average Bonchev–Trinajstić information content (AvgIpc) is 2.67. The van der Waals surface area contributed by atoms with Gasteiger partial charge in [-0.3, -0.25) is 0 Å². The van der Waals surface area contributed by atoms with Gasteiger partial charge >= 0.3 is 0 Å². The van der Waals surface area contributed by atoms with Crippen molar-refractivity contribution in [2.24, 2.45) is 5.92 Å². The van der Waals surface area contributed by atoms with E-state index in [0.29, 0.717) is 5.92 Å². The number of hydrogen-bond donors (Lipinski definition) is 1. The van der Waals surface area contributed by atoms with Crippen molar-refractivity contribution in [2.45, 2.75) is 50.1 Å². The minimum atomic E-state index is 0.283. The summed E-state index contributed by atoms with van der Waals surface area (Å²) >= 11 is 0. The lowest BCUT2D eigenvalue weighted by Crippen LogP contribution is -2.40. The van der Waals surface area contributed by atoms with E-state index in [0.717, 1.165) is 24.4 Å². The summed E-state index contributed by atoms with van der Waals surface area (Å²) in [5, 5.41) is 9.70. The van der Waals surface area contributed by atoms with Crippen molar-refractivity contribution < 1.29 is 5.11 Å². The van der Waals surface area contributed by atoms with Crippen molar-refractivity contribution >= 4 is 0 Å². The number of aliphatic hydroxyl groups is 1. The van der Waals surface area contributed by atoms with Gasteiger partial charge in [0, 0.05) is 24.6 Å². The van der Waals surface area contributed by atoms with Crippen LogP contribution in [0.2, 0.25) is 0 Å². The fourth-order valence-corrected chi connectivity index (χ4v) is 4.16. The topological polar surface area (TPSA) is 23.5 Å². The third kappa shape index (κ3) is 2.70. The molecule has 2 aliphatic rings. The molecular formula is C17H25NO. The van der Waals surface area contributed by atoms with Crippen molar-refractivity contribution in [2.75, 3.05) is 13.7 Å². The second-order valence-electron chi connectivity index (χ2n) is 6.41. The van der Waals surface area contributed by atoms with Crippen LogP contribution >= 0.6 is 0 Å². The van der Waals surface area contributed by atoms with Crippen LogP contribution in [0.15, 0.2) is 30.3 Å². The molecule has 3 rings (SSSR count). The molecule has 0 aromatic heterocycles. The smallest absolute Gasteiger partial charge is 0.0499 e. The van der Waals surface area contributed by atoms with Crippen molar-refractivity contribution in [3.63, 3.8) is 0 Å². The van der Waals surface area contributed by atoms with Crippen LogP contribution in [0.25, 0.3) is 0 Å². The first kappa shape index (κ1) is 13.1. The summed E-state index contributed by atoms with van der Waals surface area (Å²) in [6.07, 6.45) is 6.58. The fourth-order valence-electron chi connectivity index (χ4n) is 4.16. The molecule has 3 atom stereocenters. The van der Waals surface area contributed by atoms with Crippen LogP contribution in [0.3, 0.4) is 0 Å². The van der Waals surface area contributed by atoms with E-state index in [-0.39, 0.29) is 6.61 Å². The Morgan fingerprint density at radius 2 is 1.79 bits per heavy atom. The number of rotatable bonds is 4. The Kier molecular flexibility index (Phi) is 3.90. The quantitative estimate of drug-likeness (QED) is 0.898. The lowest BCUT2D eigenvalue weighted by Gasteiger charge is -2.37. The lowest BCUT2D eigenvalue weighted by atomic mass is 9.81. The molecule has 104 valence electrons. The van der Waals surface area contributed by atoms with Gasteiger partial charge in [-0.2, -0.15) is 0 Å². The maximum absolute atomic E-state index is 9.70. The van der Waals surface area contributed by atoms with E-state index in [9.17, 15) is 5.11 Å². The molecule has 2 bridgehead atoms. The van der Waals surface area contributed by atoms with Gasteiger partial charge in [-0.25, -0.2) is 0 Å². The van der Waals surface area contributed by atoms with Crippen LogP contribution < -0.4 is 0 Å². The van der Waals surface area contributed by atoms with Gasteiger partial charge in [0.25, 0.3) is 0 Å². The second-order valence-corrected chi connectivity index (χ2v) is 6.41. The molecule has 0 saturated carbocycles. The molecule has 2 heteroatoms. The molecule has 2 nitrogen and oxygen atoms in total.